The van der Waals surface area contributed by atoms with E-state index in [9.17, 15) is 14.4 Å². The topological polar surface area (TPSA) is 79.6 Å². The molecule has 8 nitrogen and oxygen atoms in total. The van der Waals surface area contributed by atoms with E-state index in [-0.39, 0.29) is 18.2 Å². The lowest BCUT2D eigenvalue weighted by atomic mass is 9.93. The number of aryl methyl sites for hydroxylation is 1. The summed E-state index contributed by atoms with van der Waals surface area (Å²) in [5, 5.41) is 3.85. The molecule has 1 amide bonds. The highest BCUT2D eigenvalue weighted by atomic mass is 35.5. The van der Waals surface area contributed by atoms with Gasteiger partial charge in [-0.25, -0.2) is 4.68 Å². The summed E-state index contributed by atoms with van der Waals surface area (Å²) >= 11 is 6.34. The molecule has 38 heavy (non-hydrogen) atoms. The van der Waals surface area contributed by atoms with Gasteiger partial charge in [0.05, 0.1) is 5.57 Å². The Morgan fingerprint density at radius 1 is 1.00 bits per heavy atom. The fourth-order valence-corrected chi connectivity index (χ4v) is 5.47. The number of halogens is 1. The van der Waals surface area contributed by atoms with Gasteiger partial charge in [-0.05, 0) is 49.6 Å². The highest BCUT2D eigenvalue weighted by Gasteiger charge is 2.38. The molecular weight excluding hydrogens is 502 g/mol. The van der Waals surface area contributed by atoms with Crippen LogP contribution in [0, 0.1) is 6.92 Å². The normalized spacial score (nSPS) is 17.3. The van der Waals surface area contributed by atoms with Crippen LogP contribution in [-0.2, 0) is 4.79 Å². The van der Waals surface area contributed by atoms with Crippen LogP contribution in [0.1, 0.15) is 48.7 Å². The number of rotatable bonds is 5. The maximum absolute atomic E-state index is 14.2. The molecule has 2 aromatic carbocycles. The number of hydrogen-bond donors (Lipinski definition) is 1. The van der Waals surface area contributed by atoms with E-state index in [1.165, 1.54) is 10.7 Å². The van der Waals surface area contributed by atoms with Crippen LogP contribution in [0.4, 0.5) is 11.5 Å². The molecule has 9 heteroatoms. The average molecular weight is 534 g/mol. The van der Waals surface area contributed by atoms with Crippen LogP contribution < -0.4 is 15.8 Å². The van der Waals surface area contributed by atoms with E-state index < -0.39 is 11.6 Å². The Morgan fingerprint density at radius 3 is 2.37 bits per heavy atom. The van der Waals surface area contributed by atoms with Gasteiger partial charge in [-0.3, -0.25) is 14.4 Å². The molecule has 1 unspecified atom stereocenters. The van der Waals surface area contributed by atoms with Crippen molar-refractivity contribution >= 4 is 34.9 Å². The molecule has 1 atom stereocenters. The number of amides is 1. The second kappa shape index (κ2) is 10.5. The Morgan fingerprint density at radius 2 is 1.71 bits per heavy atom. The van der Waals surface area contributed by atoms with Gasteiger partial charge in [-0.1, -0.05) is 48.9 Å². The number of aromatic nitrogens is 2. The smallest absolute Gasteiger partial charge is 0.276 e. The fraction of sp³-hybridized carbons (Fsp3) is 0.345. The molecule has 0 aliphatic carbocycles. The van der Waals surface area contributed by atoms with Crippen LogP contribution in [0.3, 0.4) is 0 Å². The van der Waals surface area contributed by atoms with E-state index in [4.69, 9.17) is 11.6 Å². The van der Waals surface area contributed by atoms with Gasteiger partial charge in [-0.15, -0.1) is 0 Å². The van der Waals surface area contributed by atoms with Crippen molar-refractivity contribution in [1.82, 2.24) is 14.3 Å². The molecule has 2 aliphatic rings. The maximum Gasteiger partial charge on any atom is 0.276 e. The molecule has 5 rings (SSSR count). The van der Waals surface area contributed by atoms with Gasteiger partial charge < -0.3 is 15.1 Å². The standard InChI is InChI=1S/C29H32ClN5O3/c1-4-8-25(36)35-26(37)18-24-31-20(3)27(28(34(24)35)21-11-12-23(30)19(2)17-21)29(38)33-15-13-32(14-16-33)22-9-6-5-7-10-22/h5-7,9-12,17-18,28,31H,4,8,13-16H2,1-3H3. The maximum atomic E-state index is 14.2. The molecular formula is C29H32ClN5O3. The molecule has 3 heterocycles. The third-order valence-electron chi connectivity index (χ3n) is 7.29. The minimum absolute atomic E-state index is 0.110. The highest BCUT2D eigenvalue weighted by molar-refractivity contribution is 6.31. The summed E-state index contributed by atoms with van der Waals surface area (Å²) in [4.78, 5) is 44.4. The number of anilines is 2. The third-order valence-corrected chi connectivity index (χ3v) is 7.71. The van der Waals surface area contributed by atoms with E-state index in [2.05, 4.69) is 22.3 Å². The lowest BCUT2D eigenvalue weighted by Gasteiger charge is -2.39. The fourth-order valence-electron chi connectivity index (χ4n) is 5.36. The van der Waals surface area contributed by atoms with Crippen molar-refractivity contribution < 1.29 is 9.59 Å². The first-order chi connectivity index (χ1) is 18.3. The van der Waals surface area contributed by atoms with Crippen LogP contribution in [0.15, 0.2) is 70.7 Å². The van der Waals surface area contributed by atoms with Gasteiger partial charge in [0.1, 0.15) is 11.9 Å². The van der Waals surface area contributed by atoms with Crippen molar-refractivity contribution in [2.75, 3.05) is 36.4 Å². The summed E-state index contributed by atoms with van der Waals surface area (Å²) in [6.45, 7) is 8.22. The van der Waals surface area contributed by atoms with Crippen LogP contribution in [-0.4, -0.2) is 52.3 Å². The van der Waals surface area contributed by atoms with E-state index >= 15 is 0 Å². The second-order valence-corrected chi connectivity index (χ2v) is 10.3. The van der Waals surface area contributed by atoms with Gasteiger partial charge in [0.2, 0.25) is 5.91 Å². The van der Waals surface area contributed by atoms with Crippen molar-refractivity contribution in [2.24, 2.45) is 0 Å². The van der Waals surface area contributed by atoms with Crippen molar-refractivity contribution in [2.45, 2.75) is 39.7 Å². The molecule has 1 N–H and O–H groups in total. The van der Waals surface area contributed by atoms with Crippen LogP contribution in [0.2, 0.25) is 5.02 Å². The number of carbonyl (C=O) groups is 2. The van der Waals surface area contributed by atoms with Crippen LogP contribution in [0.5, 0.6) is 0 Å². The lowest BCUT2D eigenvalue weighted by molar-refractivity contribution is -0.128. The quantitative estimate of drug-likeness (QED) is 0.515. The summed E-state index contributed by atoms with van der Waals surface area (Å²) in [7, 11) is 0. The predicted molar refractivity (Wildman–Crippen MR) is 150 cm³/mol. The van der Waals surface area contributed by atoms with E-state index in [1.54, 1.807) is 10.7 Å². The molecule has 2 aliphatic heterocycles. The van der Waals surface area contributed by atoms with Gasteiger partial charge in [-0.2, -0.15) is 4.68 Å². The number of benzene rings is 2. The van der Waals surface area contributed by atoms with E-state index in [0.717, 1.165) is 16.8 Å². The largest absolute Gasteiger partial charge is 0.368 e. The number of hydrogen-bond acceptors (Lipinski definition) is 5. The number of allylic oxidation sites excluding steroid dienone is 1. The summed E-state index contributed by atoms with van der Waals surface area (Å²) < 4.78 is 2.82. The number of para-hydroxylation sites is 1. The molecule has 1 fully saturated rings. The zero-order chi connectivity index (χ0) is 27.0. The van der Waals surface area contributed by atoms with Crippen molar-refractivity contribution in [3.8, 4) is 0 Å². The van der Waals surface area contributed by atoms with Crippen LogP contribution >= 0.6 is 11.6 Å². The molecule has 198 valence electrons. The predicted octanol–water partition coefficient (Wildman–Crippen LogP) is 4.69. The lowest BCUT2D eigenvalue weighted by Crippen LogP contribution is -2.50. The number of nitrogens with one attached hydrogen (secondary N) is 1. The summed E-state index contributed by atoms with van der Waals surface area (Å²) in [5.41, 5.74) is 3.54. The first-order valence-corrected chi connectivity index (χ1v) is 13.4. The number of piperazine rings is 1. The van der Waals surface area contributed by atoms with Gasteiger partial charge in [0, 0.05) is 55.1 Å². The first kappa shape index (κ1) is 25.9. The third kappa shape index (κ3) is 4.65. The Kier molecular flexibility index (Phi) is 7.17. The number of nitrogens with zero attached hydrogens (tertiary/aromatic N) is 4. The molecule has 3 aromatic rings. The summed E-state index contributed by atoms with van der Waals surface area (Å²) in [6, 6.07) is 16.5. The van der Waals surface area contributed by atoms with Gasteiger partial charge in [0.15, 0.2) is 0 Å². The Labute approximate surface area is 227 Å². The molecule has 0 radical (unpaired) electrons. The van der Waals surface area contributed by atoms with E-state index in [1.807, 2.05) is 56.0 Å². The minimum Gasteiger partial charge on any atom is -0.368 e. The van der Waals surface area contributed by atoms with Crippen LogP contribution in [0.25, 0.3) is 0 Å². The monoisotopic (exact) mass is 533 g/mol. The zero-order valence-corrected chi connectivity index (χ0v) is 22.7. The number of carbonyl (C=O) groups excluding carboxylic acids is 2. The number of fused-ring (bicyclic) bond motifs is 1. The first-order valence-electron chi connectivity index (χ1n) is 13.0. The van der Waals surface area contributed by atoms with Gasteiger partial charge in [0.25, 0.3) is 11.5 Å². The highest BCUT2D eigenvalue weighted by Crippen LogP contribution is 2.38. The Bertz CT molecular complexity index is 1470. The Hall–Kier alpha value is -3.78. The Balaban J connectivity index is 1.55. The summed E-state index contributed by atoms with van der Waals surface area (Å²) in [5.74, 6) is 0.0747. The molecule has 0 saturated carbocycles. The SMILES string of the molecule is CCCC(=O)n1c(=O)cc2n1C(c1ccc(Cl)c(C)c1)C(C(=O)N1CCN(c3ccccc3)CC1)=C(C)N2. The van der Waals surface area contributed by atoms with E-state index in [0.29, 0.717) is 54.7 Å². The minimum atomic E-state index is -0.662. The van der Waals surface area contributed by atoms with Crippen molar-refractivity contribution in [1.29, 1.82) is 0 Å². The average Bonchev–Trinajstić information content (AvgIpc) is 3.25. The van der Waals surface area contributed by atoms with Crippen molar-refractivity contribution in [3.63, 3.8) is 0 Å². The summed E-state index contributed by atoms with van der Waals surface area (Å²) in [6.07, 6.45) is 0.833. The molecule has 0 spiro atoms. The second-order valence-electron chi connectivity index (χ2n) is 9.86. The molecule has 1 saturated heterocycles. The molecule has 1 aromatic heterocycles. The van der Waals surface area contributed by atoms with Gasteiger partial charge >= 0.3 is 0 Å². The molecule has 0 bridgehead atoms. The zero-order valence-electron chi connectivity index (χ0n) is 21.9. The van der Waals surface area contributed by atoms with Crippen molar-refractivity contribution in [3.05, 3.63) is 92.4 Å².